The monoisotopic (exact) mass is 254 g/mol. The number of hydrogen-bond donors (Lipinski definition) is 1. The Morgan fingerprint density at radius 2 is 2.29 bits per heavy atom. The SMILES string of the molecule is Cc1ccsc1CCN(C)C(=O)C(C)CCN. The van der Waals surface area contributed by atoms with E-state index in [-0.39, 0.29) is 11.8 Å². The van der Waals surface area contributed by atoms with Crippen LogP contribution in [-0.4, -0.2) is 30.9 Å². The van der Waals surface area contributed by atoms with Gasteiger partial charge in [0.2, 0.25) is 5.91 Å². The van der Waals surface area contributed by atoms with Gasteiger partial charge in [-0.25, -0.2) is 0 Å². The van der Waals surface area contributed by atoms with Crippen LogP contribution in [0.2, 0.25) is 0 Å². The Balaban J connectivity index is 2.41. The molecule has 1 amide bonds. The van der Waals surface area contributed by atoms with E-state index in [1.807, 2.05) is 18.9 Å². The minimum atomic E-state index is 0.0365. The first kappa shape index (κ1) is 14.2. The second kappa shape index (κ2) is 6.77. The van der Waals surface area contributed by atoms with Gasteiger partial charge >= 0.3 is 0 Å². The lowest BCUT2D eigenvalue weighted by molar-refractivity contribution is -0.133. The summed E-state index contributed by atoms with van der Waals surface area (Å²) in [6, 6.07) is 2.12. The third-order valence-electron chi connectivity index (χ3n) is 3.04. The zero-order chi connectivity index (χ0) is 12.8. The number of aryl methyl sites for hydroxylation is 1. The second-order valence-corrected chi connectivity index (χ2v) is 5.52. The number of nitrogens with zero attached hydrogens (tertiary/aromatic N) is 1. The molecule has 0 saturated carbocycles. The molecule has 0 aliphatic heterocycles. The van der Waals surface area contributed by atoms with Gasteiger partial charge in [0.05, 0.1) is 0 Å². The van der Waals surface area contributed by atoms with Crippen LogP contribution in [-0.2, 0) is 11.2 Å². The van der Waals surface area contributed by atoms with E-state index in [1.54, 1.807) is 11.3 Å². The van der Waals surface area contributed by atoms with E-state index >= 15 is 0 Å². The minimum absolute atomic E-state index is 0.0365. The standard InChI is InChI=1S/C13H22N2OS/c1-10-6-9-17-12(10)5-8-15(3)13(16)11(2)4-7-14/h6,9,11H,4-5,7-8,14H2,1-3H3. The third kappa shape index (κ3) is 4.13. The maximum atomic E-state index is 12.0. The Hall–Kier alpha value is -0.870. The molecule has 2 N–H and O–H groups in total. The predicted molar refractivity (Wildman–Crippen MR) is 73.2 cm³/mol. The average molecular weight is 254 g/mol. The molecule has 4 heteroatoms. The first-order valence-corrected chi connectivity index (χ1v) is 6.92. The molecule has 1 heterocycles. The van der Waals surface area contributed by atoms with E-state index in [0.717, 1.165) is 19.4 Å². The number of rotatable bonds is 6. The third-order valence-corrected chi connectivity index (χ3v) is 4.12. The molecular formula is C13H22N2OS. The molecule has 1 atom stereocenters. The molecule has 0 saturated heterocycles. The molecule has 0 aromatic carbocycles. The van der Waals surface area contributed by atoms with Crippen LogP contribution in [0.5, 0.6) is 0 Å². The molecule has 17 heavy (non-hydrogen) atoms. The highest BCUT2D eigenvalue weighted by molar-refractivity contribution is 7.10. The van der Waals surface area contributed by atoms with E-state index in [1.165, 1.54) is 10.4 Å². The molecule has 96 valence electrons. The summed E-state index contributed by atoms with van der Waals surface area (Å²) in [5.41, 5.74) is 6.79. The number of amides is 1. The van der Waals surface area contributed by atoms with Gasteiger partial charge in [-0.2, -0.15) is 0 Å². The Kier molecular flexibility index (Phi) is 5.65. The molecule has 1 rings (SSSR count). The van der Waals surface area contributed by atoms with Crippen LogP contribution in [0.25, 0.3) is 0 Å². The number of likely N-dealkylation sites (N-methyl/N-ethyl adjacent to an activating group) is 1. The van der Waals surface area contributed by atoms with Crippen molar-refractivity contribution in [3.05, 3.63) is 21.9 Å². The van der Waals surface area contributed by atoms with Crippen LogP contribution in [0, 0.1) is 12.8 Å². The van der Waals surface area contributed by atoms with Crippen molar-refractivity contribution in [2.24, 2.45) is 11.7 Å². The fourth-order valence-electron chi connectivity index (χ4n) is 1.79. The van der Waals surface area contributed by atoms with Crippen molar-refractivity contribution in [2.45, 2.75) is 26.7 Å². The summed E-state index contributed by atoms with van der Waals surface area (Å²) >= 11 is 1.76. The van der Waals surface area contributed by atoms with Gasteiger partial charge in [0.25, 0.3) is 0 Å². The number of nitrogens with two attached hydrogens (primary N) is 1. The van der Waals surface area contributed by atoms with Crippen molar-refractivity contribution in [1.29, 1.82) is 0 Å². The first-order valence-electron chi connectivity index (χ1n) is 6.04. The fraction of sp³-hybridized carbons (Fsp3) is 0.615. The molecule has 0 aliphatic carbocycles. The maximum Gasteiger partial charge on any atom is 0.225 e. The van der Waals surface area contributed by atoms with Gasteiger partial charge in [0.1, 0.15) is 0 Å². The van der Waals surface area contributed by atoms with Crippen molar-refractivity contribution in [2.75, 3.05) is 20.1 Å². The van der Waals surface area contributed by atoms with Crippen LogP contribution in [0.1, 0.15) is 23.8 Å². The second-order valence-electron chi connectivity index (χ2n) is 4.51. The molecule has 0 fully saturated rings. The Labute approximate surface area is 108 Å². The number of carbonyl (C=O) groups is 1. The number of hydrogen-bond acceptors (Lipinski definition) is 3. The van der Waals surface area contributed by atoms with Gasteiger partial charge in [-0.3, -0.25) is 4.79 Å². The molecule has 1 aromatic heterocycles. The normalized spacial score (nSPS) is 12.5. The highest BCUT2D eigenvalue weighted by Crippen LogP contribution is 2.16. The quantitative estimate of drug-likeness (QED) is 0.844. The van der Waals surface area contributed by atoms with E-state index in [0.29, 0.717) is 6.54 Å². The van der Waals surface area contributed by atoms with Crippen LogP contribution in [0.4, 0.5) is 0 Å². The lowest BCUT2D eigenvalue weighted by Gasteiger charge is -2.21. The zero-order valence-corrected chi connectivity index (χ0v) is 11.7. The van der Waals surface area contributed by atoms with E-state index in [9.17, 15) is 4.79 Å². The van der Waals surface area contributed by atoms with E-state index in [4.69, 9.17) is 5.73 Å². The van der Waals surface area contributed by atoms with Crippen LogP contribution in [0.15, 0.2) is 11.4 Å². The molecule has 1 unspecified atom stereocenters. The van der Waals surface area contributed by atoms with Gasteiger partial charge in [0.15, 0.2) is 0 Å². The molecule has 0 bridgehead atoms. The number of carbonyl (C=O) groups excluding carboxylic acids is 1. The summed E-state index contributed by atoms with van der Waals surface area (Å²) in [4.78, 5) is 15.1. The van der Waals surface area contributed by atoms with Gasteiger partial charge in [0, 0.05) is 24.4 Å². The van der Waals surface area contributed by atoms with Crippen molar-refractivity contribution in [3.8, 4) is 0 Å². The summed E-state index contributed by atoms with van der Waals surface area (Å²) in [6.07, 6.45) is 1.71. The summed E-state index contributed by atoms with van der Waals surface area (Å²) in [5, 5.41) is 2.10. The average Bonchev–Trinajstić information content (AvgIpc) is 2.71. The van der Waals surface area contributed by atoms with Crippen LogP contribution in [0.3, 0.4) is 0 Å². The lowest BCUT2D eigenvalue weighted by Crippen LogP contribution is -2.34. The number of thiophene rings is 1. The highest BCUT2D eigenvalue weighted by atomic mass is 32.1. The Morgan fingerprint density at radius 3 is 2.82 bits per heavy atom. The summed E-state index contributed by atoms with van der Waals surface area (Å²) in [7, 11) is 1.87. The van der Waals surface area contributed by atoms with Crippen LogP contribution >= 0.6 is 11.3 Å². The van der Waals surface area contributed by atoms with Gasteiger partial charge < -0.3 is 10.6 Å². The van der Waals surface area contributed by atoms with Gasteiger partial charge in [-0.15, -0.1) is 11.3 Å². The molecule has 3 nitrogen and oxygen atoms in total. The van der Waals surface area contributed by atoms with Crippen molar-refractivity contribution in [1.82, 2.24) is 4.90 Å². The first-order chi connectivity index (χ1) is 8.06. The molecule has 0 radical (unpaired) electrons. The molecular weight excluding hydrogens is 232 g/mol. The molecule has 0 spiro atoms. The molecule has 0 aliphatic rings. The topological polar surface area (TPSA) is 46.3 Å². The smallest absolute Gasteiger partial charge is 0.225 e. The van der Waals surface area contributed by atoms with Gasteiger partial charge in [-0.05, 0) is 43.3 Å². The van der Waals surface area contributed by atoms with Crippen molar-refractivity contribution >= 4 is 17.2 Å². The minimum Gasteiger partial charge on any atom is -0.345 e. The summed E-state index contributed by atoms with van der Waals surface area (Å²) < 4.78 is 0. The fourth-order valence-corrected chi connectivity index (χ4v) is 2.69. The largest absolute Gasteiger partial charge is 0.345 e. The molecule has 1 aromatic rings. The zero-order valence-electron chi connectivity index (χ0n) is 10.9. The van der Waals surface area contributed by atoms with E-state index in [2.05, 4.69) is 18.4 Å². The van der Waals surface area contributed by atoms with Gasteiger partial charge in [-0.1, -0.05) is 6.92 Å². The van der Waals surface area contributed by atoms with Crippen LogP contribution < -0.4 is 5.73 Å². The summed E-state index contributed by atoms with van der Waals surface area (Å²) in [5.74, 6) is 0.235. The Morgan fingerprint density at radius 1 is 1.59 bits per heavy atom. The van der Waals surface area contributed by atoms with E-state index < -0.39 is 0 Å². The highest BCUT2D eigenvalue weighted by Gasteiger charge is 2.16. The summed E-state index contributed by atoms with van der Waals surface area (Å²) in [6.45, 7) is 5.42. The predicted octanol–water partition coefficient (Wildman–Crippen LogP) is 2.04. The maximum absolute atomic E-state index is 12.0. The Bertz CT molecular complexity index is 362. The van der Waals surface area contributed by atoms with Crippen molar-refractivity contribution < 1.29 is 4.79 Å². The van der Waals surface area contributed by atoms with Crippen molar-refractivity contribution in [3.63, 3.8) is 0 Å². The lowest BCUT2D eigenvalue weighted by atomic mass is 10.1.